The molecule has 20 rings (SSSR count). The third-order valence-electron chi connectivity index (χ3n) is 43.5. The maximum atomic E-state index is 10.5. The molecule has 0 aromatic heterocycles. The summed E-state index contributed by atoms with van der Waals surface area (Å²) < 4.78 is 68.0. The lowest BCUT2D eigenvalue weighted by Crippen LogP contribution is -2.63. The molecule has 124 heavy (non-hydrogen) atoms. The zero-order valence-corrected chi connectivity index (χ0v) is 86.1. The number of azide groups is 1. The molecule has 4 aliphatic heterocycles. The van der Waals surface area contributed by atoms with E-state index >= 15 is 0 Å². The summed E-state index contributed by atoms with van der Waals surface area (Å²) >= 11 is 0. The van der Waals surface area contributed by atoms with E-state index in [2.05, 4.69) is 241 Å². The molecule has 0 aromatic carbocycles. The van der Waals surface area contributed by atoms with Gasteiger partial charge in [-0.25, -0.2) is 0 Å². The zero-order valence-electron chi connectivity index (χ0n) is 84.1. The van der Waals surface area contributed by atoms with Gasteiger partial charge in [-0.3, -0.25) is 0 Å². The number of aliphatic hydroxyl groups is 1. The van der Waals surface area contributed by atoms with Gasteiger partial charge < -0.3 is 51.9 Å². The van der Waals surface area contributed by atoms with Crippen LogP contribution in [0.1, 0.15) is 360 Å². The van der Waals surface area contributed by atoms with E-state index in [1.807, 2.05) is 0 Å². The topological polar surface area (TPSA) is 161 Å². The van der Waals surface area contributed by atoms with E-state index in [1.165, 1.54) is 128 Å². The monoisotopic (exact) mass is 1750 g/mol. The van der Waals surface area contributed by atoms with Gasteiger partial charge in [0.1, 0.15) is 0 Å². The molecular formula is C108H179N3O11Si2. The Kier molecular flexibility index (Phi) is 24.2. The molecule has 16 unspecified atom stereocenters. The van der Waals surface area contributed by atoms with Crippen molar-refractivity contribution in [1.29, 1.82) is 0 Å². The Morgan fingerprint density at radius 1 is 0.331 bits per heavy atom. The summed E-state index contributed by atoms with van der Waals surface area (Å²) in [6.45, 7) is 70.3. The maximum absolute atomic E-state index is 10.5. The Morgan fingerprint density at radius 3 is 0.847 bits per heavy atom. The highest BCUT2D eigenvalue weighted by molar-refractivity contribution is 6.74. The van der Waals surface area contributed by atoms with Gasteiger partial charge in [0, 0.05) is 23.2 Å². The van der Waals surface area contributed by atoms with E-state index in [-0.39, 0.29) is 81.9 Å². The molecule has 4 saturated heterocycles. The first kappa shape index (κ1) is 94.0. The fraction of sp³-hybridized carbons (Fsp3) is 0.926. The molecule has 0 aromatic rings. The number of hydrogen-bond donors (Lipinski definition) is 1. The Hall–Kier alpha value is -1.74. The lowest BCUT2D eigenvalue weighted by Gasteiger charge is -2.63. The number of hydrogen-bond acceptors (Lipinski definition) is 12. The molecule has 16 aliphatic carbocycles. The molecular weight excluding hydrogens is 1570 g/mol. The van der Waals surface area contributed by atoms with Crippen molar-refractivity contribution in [3.63, 3.8) is 0 Å². The van der Waals surface area contributed by atoms with Crippen LogP contribution >= 0.6 is 0 Å². The van der Waals surface area contributed by atoms with Crippen LogP contribution in [0.3, 0.4) is 0 Å². The second-order valence-corrected chi connectivity index (χ2v) is 62.2. The fourth-order valence-corrected chi connectivity index (χ4v) is 38.3. The number of allylic oxidation sites excluding steroid dienone is 8. The van der Waals surface area contributed by atoms with Gasteiger partial charge in [-0.15, -0.1) is 0 Å². The molecule has 0 spiro atoms. The third kappa shape index (κ3) is 15.0. The molecule has 0 bridgehead atoms. The van der Waals surface area contributed by atoms with Crippen LogP contribution in [0.15, 0.2) is 51.7 Å². The first-order valence-electron chi connectivity index (χ1n) is 51.8. The van der Waals surface area contributed by atoms with Gasteiger partial charge in [-0.1, -0.05) is 149 Å². The molecule has 0 radical (unpaired) electrons. The van der Waals surface area contributed by atoms with Crippen molar-refractivity contribution in [3.8, 4) is 0 Å². The lowest BCUT2D eigenvalue weighted by atomic mass is 9.43. The zero-order chi connectivity index (χ0) is 89.6. The Morgan fingerprint density at radius 2 is 0.581 bits per heavy atom. The molecule has 700 valence electrons. The van der Waals surface area contributed by atoms with Gasteiger partial charge in [-0.2, -0.15) is 0 Å². The molecule has 16 heteroatoms. The van der Waals surface area contributed by atoms with Crippen LogP contribution in [0, 0.1) is 138 Å². The van der Waals surface area contributed by atoms with Crippen LogP contribution in [0.5, 0.6) is 0 Å². The standard InChI is InChI=1S/2C30H52O3Si.C24H37N3O2.C24H38O3/c2*1-11-19-12-13-21-24-22(15-17-29(19,21)7)30(8)16-14-20(33-34(9,10)27(2,3)4)18-23(30)25-26(24)32-28(5,6)31-25;1-6-14-7-8-16-19-17(10-12-23(14,16)4)24(5)11-9-15(26-27-25)13-18(24)20-21(19)29-22(2,3)28-20;1-6-14-7-8-16-19-17(10-12-23(14,16)4)24(5)11-9-15(25)13-18(24)20-21(19)27-22(2,3)26-20/h2*11,20-26H,12-18H2,1-10H3;6,15-21H,7-13H2,1-5H3;6,15-21,25H,7-13H2,1-5H3/b19-11+;19-11-;2*14-6+/t2*20-,21?,22?,23?,24?,25-,26-,29-,30-;15-,16?,17?,18?,19?,20+,21+,23+,24+;15-,16?,17?,18?,19?,20-,21-,23-,24-/m1101/s1. The molecule has 16 saturated carbocycles. The largest absolute Gasteiger partial charge is 0.414 e. The summed E-state index contributed by atoms with van der Waals surface area (Å²) in [5.74, 6) is 8.18. The number of aliphatic hydroxyl groups excluding tert-OH is 1. The molecule has 14 nitrogen and oxygen atoms in total. The molecule has 0 amide bonds. The summed E-state index contributed by atoms with van der Waals surface area (Å²) in [5.41, 5.74) is 18.4. The summed E-state index contributed by atoms with van der Waals surface area (Å²) in [7, 11) is -3.57. The van der Waals surface area contributed by atoms with Gasteiger partial charge >= 0.3 is 0 Å². The van der Waals surface area contributed by atoms with E-state index in [4.69, 9.17) is 52.3 Å². The second kappa shape index (κ2) is 32.0. The highest BCUT2D eigenvalue weighted by Gasteiger charge is 2.74. The Labute approximate surface area is 756 Å². The van der Waals surface area contributed by atoms with E-state index in [1.54, 1.807) is 22.3 Å². The Bertz CT molecular complexity index is 4010. The van der Waals surface area contributed by atoms with Crippen molar-refractivity contribution in [1.82, 2.24) is 0 Å². The number of fused-ring (bicyclic) bond motifs is 32. The van der Waals surface area contributed by atoms with E-state index in [0.717, 1.165) is 81.0 Å². The van der Waals surface area contributed by atoms with Crippen LogP contribution in [0.25, 0.3) is 10.4 Å². The first-order chi connectivity index (χ1) is 57.7. The molecule has 20 fully saturated rings. The predicted molar refractivity (Wildman–Crippen MR) is 503 cm³/mol. The number of ether oxygens (including phenoxy) is 8. The molecule has 36 atom stereocenters. The van der Waals surface area contributed by atoms with Crippen molar-refractivity contribution in [2.75, 3.05) is 0 Å². The number of nitrogens with zero attached hydrogens (tertiary/aromatic N) is 3. The summed E-state index contributed by atoms with van der Waals surface area (Å²) in [5, 5.41) is 15.1. The minimum absolute atomic E-state index is 0.109. The second-order valence-electron chi connectivity index (χ2n) is 52.7. The number of rotatable bonds is 5. The highest BCUT2D eigenvalue weighted by Crippen LogP contribution is 2.76. The van der Waals surface area contributed by atoms with Crippen molar-refractivity contribution in [3.05, 3.63) is 57.0 Å². The van der Waals surface area contributed by atoms with Gasteiger partial charge in [0.05, 0.1) is 54.9 Å². The third-order valence-corrected chi connectivity index (χ3v) is 52.6. The van der Waals surface area contributed by atoms with Gasteiger partial charge in [0.2, 0.25) is 0 Å². The van der Waals surface area contributed by atoms with Crippen molar-refractivity contribution < 1.29 is 51.9 Å². The van der Waals surface area contributed by atoms with Crippen LogP contribution in [-0.4, -0.2) is 118 Å². The SMILES string of the molecule is C/C=C1/CCC2C3C(CC[C@]12C)[C@@]1(C)CC[C@@H](O[Si](C)(C)C(C)(C)C)CC1[C@H]1OC(C)(C)O[C@H]31.C/C=C1\CCC2C3C(CC[C@]12C)[C@@]1(C)CC[C@@H](O)CC1[C@H]1OC(C)(C)O[C@H]31.C/C=C1\CCC2C3C(CC[C@]12C)[C@@]1(C)CC[C@@H](O[Si](C)(C)C(C)(C)C)CC1[C@H]1OC(C)(C)O[C@H]31.C/C=C1\CCC2C3C(CC[C@]12C)[C@@]1(C)CC[C@H](N=[N+]=[N-])CC1[C@H]1OC(C)(C)O[C@H]31. The molecule has 20 aliphatic rings. The fourth-order valence-electron chi connectivity index (χ4n) is 35.5. The Balaban J connectivity index is 0.000000118. The quantitative estimate of drug-likeness (QED) is 0.0917. The maximum Gasteiger partial charge on any atom is 0.192 e. The first-order valence-corrected chi connectivity index (χ1v) is 57.6. The lowest BCUT2D eigenvalue weighted by molar-refractivity contribution is -0.182. The minimum Gasteiger partial charge on any atom is -0.414 e. The van der Waals surface area contributed by atoms with Crippen LogP contribution in [0.4, 0.5) is 0 Å². The van der Waals surface area contributed by atoms with Crippen molar-refractivity contribution >= 4 is 16.6 Å². The van der Waals surface area contributed by atoms with Crippen LogP contribution in [-0.2, 0) is 46.7 Å². The van der Waals surface area contributed by atoms with Crippen LogP contribution < -0.4 is 0 Å². The predicted octanol–water partition coefficient (Wildman–Crippen LogP) is 27.7. The average Bonchev–Trinajstić information content (AvgIpc) is 1.49. The normalized spacial score (nSPS) is 52.3. The van der Waals surface area contributed by atoms with E-state index < -0.39 is 39.8 Å². The van der Waals surface area contributed by atoms with Gasteiger partial charge in [-0.05, 0) is 443 Å². The van der Waals surface area contributed by atoms with E-state index in [9.17, 15) is 5.11 Å². The average molecular weight is 1750 g/mol. The molecule has 1 N–H and O–H groups in total. The van der Waals surface area contributed by atoms with Crippen molar-refractivity contribution in [2.45, 2.75) is 492 Å². The summed E-state index contributed by atoms with van der Waals surface area (Å²) in [6, 6.07) is 0.109. The highest BCUT2D eigenvalue weighted by atomic mass is 28.4. The van der Waals surface area contributed by atoms with Crippen molar-refractivity contribution in [2.24, 2.45) is 143 Å². The van der Waals surface area contributed by atoms with Gasteiger partial charge in [0.25, 0.3) is 0 Å². The summed E-state index contributed by atoms with van der Waals surface area (Å²) in [6.07, 6.45) is 46.2. The smallest absolute Gasteiger partial charge is 0.192 e. The minimum atomic E-state index is -1.79. The van der Waals surface area contributed by atoms with Gasteiger partial charge in [0.15, 0.2) is 39.8 Å². The summed E-state index contributed by atoms with van der Waals surface area (Å²) in [4.78, 5) is 3.13. The van der Waals surface area contributed by atoms with E-state index in [0.29, 0.717) is 110 Å². The van der Waals surface area contributed by atoms with Crippen LogP contribution in [0.2, 0.25) is 36.3 Å². The molecule has 4 heterocycles.